The van der Waals surface area contributed by atoms with Gasteiger partial charge in [0.05, 0.1) is 6.04 Å². The third-order valence-corrected chi connectivity index (χ3v) is 4.54. The summed E-state index contributed by atoms with van der Waals surface area (Å²) >= 11 is 1.09. The Morgan fingerprint density at radius 1 is 1.48 bits per heavy atom. The molecule has 8 heteroatoms. The lowest BCUT2D eigenvalue weighted by atomic mass is 10.1. The van der Waals surface area contributed by atoms with E-state index in [0.29, 0.717) is 11.4 Å². The molecule has 0 saturated carbocycles. The van der Waals surface area contributed by atoms with Crippen LogP contribution in [0.25, 0.3) is 0 Å². The van der Waals surface area contributed by atoms with Crippen LogP contribution in [0, 0.1) is 6.92 Å². The van der Waals surface area contributed by atoms with Gasteiger partial charge in [0.1, 0.15) is 10.6 Å². The lowest BCUT2D eigenvalue weighted by Gasteiger charge is -2.32. The average Bonchev–Trinajstić information content (AvgIpc) is 2.91. The summed E-state index contributed by atoms with van der Waals surface area (Å²) in [5.74, 6) is -0.654. The standard InChI is InChI=1S/C15H20F2N2O3S/c1-8-5-10(22-14(16)17)12(23-8)13(21)18-9-6-11(20)19(7-9)15(2,3)4/h5,9,14H,6-7H2,1-4H3,(H,18,21). The maximum atomic E-state index is 12.4. The highest BCUT2D eigenvalue weighted by Crippen LogP contribution is 2.30. The van der Waals surface area contributed by atoms with E-state index in [1.54, 1.807) is 11.8 Å². The summed E-state index contributed by atoms with van der Waals surface area (Å²) in [5, 5.41) is 2.74. The highest BCUT2D eigenvalue weighted by Gasteiger charge is 2.37. The van der Waals surface area contributed by atoms with Gasteiger partial charge in [0, 0.05) is 23.4 Å². The molecule has 1 aliphatic rings. The first kappa shape index (κ1) is 17.7. The van der Waals surface area contributed by atoms with Crippen molar-refractivity contribution in [3.63, 3.8) is 0 Å². The summed E-state index contributed by atoms with van der Waals surface area (Å²) in [6.45, 7) is 4.90. The van der Waals surface area contributed by atoms with Crippen LogP contribution in [0.2, 0.25) is 0 Å². The Labute approximate surface area is 137 Å². The second-order valence-electron chi connectivity index (χ2n) is 6.48. The second-order valence-corrected chi connectivity index (χ2v) is 7.73. The summed E-state index contributed by atoms with van der Waals surface area (Å²) in [7, 11) is 0. The van der Waals surface area contributed by atoms with Crippen molar-refractivity contribution in [2.45, 2.75) is 52.3 Å². The first-order chi connectivity index (χ1) is 10.6. The van der Waals surface area contributed by atoms with Crippen LogP contribution in [-0.2, 0) is 4.79 Å². The molecule has 0 aliphatic carbocycles. The molecule has 23 heavy (non-hydrogen) atoms. The predicted molar refractivity (Wildman–Crippen MR) is 83.0 cm³/mol. The number of carbonyl (C=O) groups excluding carboxylic acids is 2. The quantitative estimate of drug-likeness (QED) is 0.912. The molecular weight excluding hydrogens is 326 g/mol. The van der Waals surface area contributed by atoms with E-state index in [1.165, 1.54) is 6.07 Å². The zero-order chi connectivity index (χ0) is 17.4. The van der Waals surface area contributed by atoms with E-state index >= 15 is 0 Å². The zero-order valence-corrected chi connectivity index (χ0v) is 14.3. The Morgan fingerprint density at radius 2 is 2.13 bits per heavy atom. The molecule has 2 rings (SSSR count). The fourth-order valence-electron chi connectivity index (χ4n) is 2.54. The first-order valence-electron chi connectivity index (χ1n) is 7.24. The maximum Gasteiger partial charge on any atom is 0.387 e. The zero-order valence-electron chi connectivity index (χ0n) is 13.5. The smallest absolute Gasteiger partial charge is 0.387 e. The molecule has 2 heterocycles. The van der Waals surface area contributed by atoms with Crippen LogP contribution in [0.15, 0.2) is 6.07 Å². The van der Waals surface area contributed by atoms with Gasteiger partial charge in [-0.2, -0.15) is 8.78 Å². The fraction of sp³-hybridized carbons (Fsp3) is 0.600. The van der Waals surface area contributed by atoms with E-state index in [4.69, 9.17) is 0 Å². The molecule has 1 fully saturated rings. The predicted octanol–water partition coefficient (Wildman–Crippen LogP) is 2.79. The molecule has 1 aromatic heterocycles. The van der Waals surface area contributed by atoms with Crippen LogP contribution in [0.5, 0.6) is 5.75 Å². The average molecular weight is 346 g/mol. The lowest BCUT2D eigenvalue weighted by Crippen LogP contribution is -2.44. The van der Waals surface area contributed by atoms with Crippen molar-refractivity contribution in [3.05, 3.63) is 15.8 Å². The van der Waals surface area contributed by atoms with Gasteiger partial charge in [-0.15, -0.1) is 11.3 Å². The molecule has 0 bridgehead atoms. The summed E-state index contributed by atoms with van der Waals surface area (Å²) in [5.41, 5.74) is -0.319. The number of likely N-dealkylation sites (tertiary alicyclic amines) is 1. The third-order valence-electron chi connectivity index (χ3n) is 3.51. The molecule has 0 radical (unpaired) electrons. The number of alkyl halides is 2. The monoisotopic (exact) mass is 346 g/mol. The number of nitrogens with one attached hydrogen (secondary N) is 1. The van der Waals surface area contributed by atoms with Crippen LogP contribution in [0.4, 0.5) is 8.78 Å². The van der Waals surface area contributed by atoms with Crippen molar-refractivity contribution >= 4 is 23.2 Å². The Hall–Kier alpha value is -1.70. The van der Waals surface area contributed by atoms with Crippen LogP contribution < -0.4 is 10.1 Å². The van der Waals surface area contributed by atoms with Crippen molar-refractivity contribution in [1.29, 1.82) is 0 Å². The number of thiophene rings is 1. The number of hydrogen-bond acceptors (Lipinski definition) is 4. The summed E-state index contributed by atoms with van der Waals surface area (Å²) in [4.78, 5) is 26.8. The van der Waals surface area contributed by atoms with Gasteiger partial charge in [0.15, 0.2) is 0 Å². The van der Waals surface area contributed by atoms with Gasteiger partial charge in [0.2, 0.25) is 5.91 Å². The molecule has 1 saturated heterocycles. The minimum Gasteiger partial charge on any atom is -0.433 e. The fourth-order valence-corrected chi connectivity index (χ4v) is 3.38. The molecule has 2 amide bonds. The van der Waals surface area contributed by atoms with E-state index in [2.05, 4.69) is 10.1 Å². The summed E-state index contributed by atoms with van der Waals surface area (Å²) in [6, 6.07) is 1.07. The summed E-state index contributed by atoms with van der Waals surface area (Å²) in [6.07, 6.45) is 0.207. The minimum absolute atomic E-state index is 0.0331. The van der Waals surface area contributed by atoms with Crippen LogP contribution in [-0.4, -0.2) is 41.5 Å². The van der Waals surface area contributed by atoms with Gasteiger partial charge < -0.3 is 15.0 Å². The first-order valence-corrected chi connectivity index (χ1v) is 8.06. The van der Waals surface area contributed by atoms with E-state index in [9.17, 15) is 18.4 Å². The van der Waals surface area contributed by atoms with Gasteiger partial charge in [-0.25, -0.2) is 0 Å². The highest BCUT2D eigenvalue weighted by atomic mass is 32.1. The van der Waals surface area contributed by atoms with E-state index < -0.39 is 12.5 Å². The van der Waals surface area contributed by atoms with Crippen LogP contribution in [0.3, 0.4) is 0 Å². The van der Waals surface area contributed by atoms with E-state index in [-0.39, 0.29) is 34.5 Å². The molecule has 1 unspecified atom stereocenters. The number of nitrogens with zero attached hydrogens (tertiary/aromatic N) is 1. The van der Waals surface area contributed by atoms with Crippen molar-refractivity contribution in [3.8, 4) is 5.75 Å². The number of ether oxygens (including phenoxy) is 1. The van der Waals surface area contributed by atoms with Crippen LogP contribution >= 0.6 is 11.3 Å². The Balaban J connectivity index is 2.07. The number of hydrogen-bond donors (Lipinski definition) is 1. The van der Waals surface area contributed by atoms with Gasteiger partial charge in [-0.1, -0.05) is 0 Å². The Kier molecular flexibility index (Phi) is 4.93. The van der Waals surface area contributed by atoms with Gasteiger partial charge >= 0.3 is 6.61 Å². The molecule has 128 valence electrons. The number of rotatable bonds is 4. The number of carbonyl (C=O) groups is 2. The largest absolute Gasteiger partial charge is 0.433 e. The Bertz CT molecular complexity index is 610. The van der Waals surface area contributed by atoms with Gasteiger partial charge in [-0.05, 0) is 33.8 Å². The van der Waals surface area contributed by atoms with Crippen molar-refractivity contribution < 1.29 is 23.1 Å². The molecule has 0 spiro atoms. The molecule has 0 aromatic carbocycles. The van der Waals surface area contributed by atoms with Crippen molar-refractivity contribution in [2.75, 3.05) is 6.54 Å². The van der Waals surface area contributed by atoms with E-state index in [0.717, 1.165) is 11.3 Å². The normalized spacial score (nSPS) is 18.7. The second kappa shape index (κ2) is 6.43. The summed E-state index contributed by atoms with van der Waals surface area (Å²) < 4.78 is 29.2. The SMILES string of the molecule is Cc1cc(OC(F)F)c(C(=O)NC2CC(=O)N(C(C)(C)C)C2)s1. The molecular formula is C15H20F2N2O3S. The molecule has 5 nitrogen and oxygen atoms in total. The third kappa shape index (κ3) is 4.19. The van der Waals surface area contributed by atoms with Gasteiger partial charge in [0.25, 0.3) is 5.91 Å². The van der Waals surface area contributed by atoms with Crippen LogP contribution in [0.1, 0.15) is 41.7 Å². The Morgan fingerprint density at radius 3 is 2.65 bits per heavy atom. The molecule has 1 atom stereocenters. The highest BCUT2D eigenvalue weighted by molar-refractivity contribution is 7.14. The maximum absolute atomic E-state index is 12.4. The topological polar surface area (TPSA) is 58.6 Å². The van der Waals surface area contributed by atoms with E-state index in [1.807, 2.05) is 20.8 Å². The molecule has 1 aliphatic heterocycles. The minimum atomic E-state index is -2.99. The van der Waals surface area contributed by atoms with Crippen molar-refractivity contribution in [1.82, 2.24) is 10.2 Å². The lowest BCUT2D eigenvalue weighted by molar-refractivity contribution is -0.131. The number of aryl methyl sites for hydroxylation is 1. The molecule has 1 aromatic rings. The number of amides is 2. The van der Waals surface area contributed by atoms with Gasteiger partial charge in [-0.3, -0.25) is 9.59 Å². The molecule has 1 N–H and O–H groups in total. The van der Waals surface area contributed by atoms with Crippen molar-refractivity contribution in [2.24, 2.45) is 0 Å². The number of halogens is 2.